The summed E-state index contributed by atoms with van der Waals surface area (Å²) < 4.78 is 59.7. The van der Waals surface area contributed by atoms with Crippen LogP contribution in [0.3, 0.4) is 0 Å². The van der Waals surface area contributed by atoms with Crippen LogP contribution in [0.4, 0.5) is 24.8 Å². The van der Waals surface area contributed by atoms with Gasteiger partial charge in [0, 0.05) is 11.4 Å². The van der Waals surface area contributed by atoms with Crippen molar-refractivity contribution in [1.82, 2.24) is 14.8 Å². The number of esters is 2. The van der Waals surface area contributed by atoms with Crippen molar-refractivity contribution in [2.24, 2.45) is 0 Å². The molecule has 0 bridgehead atoms. The number of nitriles is 1. The summed E-state index contributed by atoms with van der Waals surface area (Å²) in [6.07, 6.45) is -4.87. The third-order valence-corrected chi connectivity index (χ3v) is 12.5. The Morgan fingerprint density at radius 1 is 1.04 bits per heavy atom. The minimum atomic E-state index is -4.63. The van der Waals surface area contributed by atoms with Gasteiger partial charge in [-0.3, -0.25) is 14.3 Å². The summed E-state index contributed by atoms with van der Waals surface area (Å²) in [5, 5.41) is 18.1. The van der Waals surface area contributed by atoms with E-state index in [2.05, 4.69) is 16.3 Å². The van der Waals surface area contributed by atoms with Crippen molar-refractivity contribution < 1.29 is 36.7 Å². The summed E-state index contributed by atoms with van der Waals surface area (Å²) in [6, 6.07) is 10.3. The number of ether oxygens (including phenoxy) is 2. The molecule has 238 valence electrons. The van der Waals surface area contributed by atoms with Gasteiger partial charge in [-0.25, -0.2) is 4.79 Å². The van der Waals surface area contributed by atoms with E-state index in [1.807, 2.05) is 33.9 Å². The first-order valence-corrected chi connectivity index (χ1v) is 16.9. The second-order valence-electron chi connectivity index (χ2n) is 12.1. The summed E-state index contributed by atoms with van der Waals surface area (Å²) in [6.45, 7) is 11.6. The zero-order valence-corrected chi connectivity index (χ0v) is 27.2. The van der Waals surface area contributed by atoms with Gasteiger partial charge >= 0.3 is 24.1 Å². The zero-order chi connectivity index (χ0) is 33.5. The number of carbonyl (C=O) groups is 2. The van der Waals surface area contributed by atoms with Crippen molar-refractivity contribution in [3.63, 3.8) is 0 Å². The summed E-state index contributed by atoms with van der Waals surface area (Å²) in [5.74, 6) is -1.29. The van der Waals surface area contributed by atoms with Crippen molar-refractivity contribution >= 4 is 31.9 Å². The predicted octanol–water partition coefficient (Wildman–Crippen LogP) is 6.46. The van der Waals surface area contributed by atoms with Gasteiger partial charge in [-0.05, 0) is 66.5 Å². The van der Waals surface area contributed by atoms with Gasteiger partial charge < -0.3 is 13.9 Å². The normalized spacial score (nSPS) is 15.3. The molecule has 1 aliphatic heterocycles. The standard InChI is InChI=1S/C31H34F3N5O5Si/c1-18-25(27(41)43-6)26(23-13-12-19(17-35)14-20(23)15-24(40)42-5)39-28(36-37-29(39)44-45(7,8)30(2,3)4)38(18)22-11-9-10-21(16-22)31(32,33)34/h9-14,16,26H,15H2,1-8H3. The lowest BCUT2D eigenvalue weighted by Crippen LogP contribution is -2.45. The first-order valence-electron chi connectivity index (χ1n) is 13.9. The molecule has 0 aliphatic carbocycles. The van der Waals surface area contributed by atoms with Gasteiger partial charge in [0.15, 0.2) is 0 Å². The van der Waals surface area contributed by atoms with Crippen LogP contribution in [-0.4, -0.2) is 49.2 Å². The molecular weight excluding hydrogens is 607 g/mol. The number of anilines is 2. The Bertz CT molecular complexity index is 1720. The van der Waals surface area contributed by atoms with Crippen LogP contribution in [0.2, 0.25) is 18.1 Å². The van der Waals surface area contributed by atoms with Crippen LogP contribution in [0.5, 0.6) is 6.01 Å². The molecule has 0 fully saturated rings. The number of benzene rings is 2. The average Bonchev–Trinajstić information content (AvgIpc) is 3.37. The number of fused-ring (bicyclic) bond motifs is 1. The molecular formula is C31H34F3N5O5Si. The molecule has 4 rings (SSSR count). The van der Waals surface area contributed by atoms with Crippen LogP contribution < -0.4 is 9.33 Å². The van der Waals surface area contributed by atoms with Gasteiger partial charge in [-0.2, -0.15) is 18.4 Å². The molecule has 0 amide bonds. The summed E-state index contributed by atoms with van der Waals surface area (Å²) in [4.78, 5) is 27.5. The van der Waals surface area contributed by atoms with Gasteiger partial charge in [0.05, 0.1) is 43.4 Å². The smallest absolute Gasteiger partial charge is 0.416 e. The second kappa shape index (κ2) is 12.0. The molecule has 0 N–H and O–H groups in total. The van der Waals surface area contributed by atoms with Gasteiger partial charge in [-0.1, -0.05) is 38.0 Å². The van der Waals surface area contributed by atoms with Crippen molar-refractivity contribution in [2.75, 3.05) is 19.1 Å². The van der Waals surface area contributed by atoms with E-state index in [1.54, 1.807) is 13.0 Å². The van der Waals surface area contributed by atoms with Gasteiger partial charge in [0.25, 0.3) is 8.32 Å². The Morgan fingerprint density at radius 2 is 1.73 bits per heavy atom. The Balaban J connectivity index is 2.11. The number of hydrogen-bond acceptors (Lipinski definition) is 9. The fourth-order valence-corrected chi connectivity index (χ4v) is 5.72. The van der Waals surface area contributed by atoms with Crippen molar-refractivity contribution in [3.05, 3.63) is 76.0 Å². The van der Waals surface area contributed by atoms with E-state index in [4.69, 9.17) is 13.9 Å². The Hall–Kier alpha value is -4.64. The van der Waals surface area contributed by atoms with Crippen LogP contribution in [0.25, 0.3) is 0 Å². The number of alkyl halides is 3. The van der Waals surface area contributed by atoms with Crippen LogP contribution in [0.1, 0.15) is 56.0 Å². The molecule has 1 unspecified atom stereocenters. The molecule has 10 nitrogen and oxygen atoms in total. The fourth-order valence-electron chi connectivity index (χ4n) is 4.81. The molecule has 2 aromatic carbocycles. The van der Waals surface area contributed by atoms with E-state index in [0.29, 0.717) is 11.1 Å². The van der Waals surface area contributed by atoms with Gasteiger partial charge in [0.1, 0.15) is 6.04 Å². The van der Waals surface area contributed by atoms with Gasteiger partial charge in [-0.15, -0.1) is 5.10 Å². The average molecular weight is 642 g/mol. The van der Waals surface area contributed by atoms with Crippen molar-refractivity contribution in [1.29, 1.82) is 5.26 Å². The quantitative estimate of drug-likeness (QED) is 0.212. The molecule has 0 saturated heterocycles. The number of aromatic nitrogens is 3. The van der Waals surface area contributed by atoms with Crippen molar-refractivity contribution in [2.45, 2.75) is 64.5 Å². The van der Waals surface area contributed by atoms with E-state index < -0.39 is 38.0 Å². The highest BCUT2D eigenvalue weighted by molar-refractivity contribution is 6.74. The molecule has 0 radical (unpaired) electrons. The van der Waals surface area contributed by atoms with Crippen LogP contribution in [0, 0.1) is 11.3 Å². The molecule has 45 heavy (non-hydrogen) atoms. The largest absolute Gasteiger partial charge is 0.517 e. The SMILES string of the molecule is COC(=O)Cc1cc(C#N)ccc1C1C(C(=O)OC)=C(C)N(c2cccc(C(F)(F)F)c2)c2nnc(O[Si](C)(C)C(C)(C)C)n21. The topological polar surface area (TPSA) is 120 Å². The van der Waals surface area contributed by atoms with E-state index in [1.165, 1.54) is 48.0 Å². The molecule has 1 aromatic heterocycles. The van der Waals surface area contributed by atoms with E-state index in [-0.39, 0.29) is 45.9 Å². The minimum absolute atomic E-state index is 0.0286. The molecule has 2 heterocycles. The first-order chi connectivity index (χ1) is 20.9. The number of methoxy groups -OCH3 is 2. The van der Waals surface area contributed by atoms with E-state index in [0.717, 1.165) is 12.1 Å². The van der Waals surface area contributed by atoms with Crippen LogP contribution >= 0.6 is 0 Å². The van der Waals surface area contributed by atoms with Crippen molar-refractivity contribution in [3.8, 4) is 12.1 Å². The maximum Gasteiger partial charge on any atom is 0.416 e. The number of carbonyl (C=O) groups excluding carboxylic acids is 2. The van der Waals surface area contributed by atoms with E-state index in [9.17, 15) is 28.0 Å². The highest BCUT2D eigenvalue weighted by Crippen LogP contribution is 2.48. The molecule has 1 aliphatic rings. The summed E-state index contributed by atoms with van der Waals surface area (Å²) >= 11 is 0. The van der Waals surface area contributed by atoms with Gasteiger partial charge in [0.2, 0.25) is 5.95 Å². The number of nitrogens with zero attached hydrogens (tertiary/aromatic N) is 5. The molecule has 3 aromatic rings. The highest BCUT2D eigenvalue weighted by atomic mass is 28.4. The monoisotopic (exact) mass is 641 g/mol. The summed E-state index contributed by atoms with van der Waals surface area (Å²) in [7, 11) is -0.185. The van der Waals surface area contributed by atoms with E-state index >= 15 is 0 Å². The second-order valence-corrected chi connectivity index (χ2v) is 16.8. The third-order valence-electron chi connectivity index (χ3n) is 8.22. The fraction of sp³-hybridized carbons (Fsp3) is 0.387. The molecule has 0 saturated carbocycles. The molecule has 0 spiro atoms. The number of hydrogen-bond donors (Lipinski definition) is 0. The lowest BCUT2D eigenvalue weighted by atomic mass is 9.89. The Kier molecular flexibility index (Phi) is 8.90. The molecule has 14 heteroatoms. The number of rotatable bonds is 7. The Labute approximate surface area is 260 Å². The maximum absolute atomic E-state index is 13.8. The maximum atomic E-state index is 13.8. The number of halogens is 3. The lowest BCUT2D eigenvalue weighted by Gasteiger charge is -2.39. The highest BCUT2D eigenvalue weighted by Gasteiger charge is 2.45. The lowest BCUT2D eigenvalue weighted by molar-refractivity contribution is -0.140. The summed E-state index contributed by atoms with van der Waals surface area (Å²) in [5.41, 5.74) is 0.502. The minimum Gasteiger partial charge on any atom is -0.517 e. The zero-order valence-electron chi connectivity index (χ0n) is 26.2. The first kappa shape index (κ1) is 33.3. The molecule has 1 atom stereocenters. The third kappa shape index (κ3) is 6.30. The predicted molar refractivity (Wildman–Crippen MR) is 161 cm³/mol. The Morgan fingerprint density at radius 3 is 2.31 bits per heavy atom. The number of allylic oxidation sites excluding steroid dienone is 1. The van der Waals surface area contributed by atoms with Crippen LogP contribution in [-0.2, 0) is 31.7 Å². The van der Waals surface area contributed by atoms with Crippen LogP contribution in [0.15, 0.2) is 53.7 Å².